The highest BCUT2D eigenvalue weighted by atomic mass is 15.2. The van der Waals surface area contributed by atoms with Gasteiger partial charge in [0.2, 0.25) is 0 Å². The summed E-state index contributed by atoms with van der Waals surface area (Å²) in [6, 6.07) is 1.64. The first-order valence-corrected chi connectivity index (χ1v) is 7.66. The molecule has 0 aromatic rings. The molecule has 0 amide bonds. The second kappa shape index (κ2) is 6.19. The van der Waals surface area contributed by atoms with Crippen LogP contribution >= 0.6 is 0 Å². The van der Waals surface area contributed by atoms with Gasteiger partial charge >= 0.3 is 0 Å². The van der Waals surface area contributed by atoms with Crippen molar-refractivity contribution in [2.24, 2.45) is 11.8 Å². The summed E-state index contributed by atoms with van der Waals surface area (Å²) in [5.74, 6) is 1.78. The lowest BCUT2D eigenvalue weighted by Crippen LogP contribution is -2.49. The van der Waals surface area contributed by atoms with Crippen LogP contribution in [0.1, 0.15) is 52.9 Å². The maximum Gasteiger partial charge on any atom is 0.0220 e. The van der Waals surface area contributed by atoms with Gasteiger partial charge in [-0.1, -0.05) is 27.2 Å². The van der Waals surface area contributed by atoms with Crippen LogP contribution < -0.4 is 5.32 Å². The number of piperidine rings is 1. The molecule has 2 fully saturated rings. The molecule has 0 aromatic carbocycles. The number of hydrogen-bond donors (Lipinski definition) is 1. The summed E-state index contributed by atoms with van der Waals surface area (Å²) in [7, 11) is 0. The zero-order valence-corrected chi connectivity index (χ0v) is 11.9. The van der Waals surface area contributed by atoms with E-state index in [0.717, 1.165) is 23.9 Å². The Labute approximate surface area is 107 Å². The molecule has 2 heteroatoms. The standard InChI is InChI=1S/C15H30N2/c1-4-5-15(9-16-14-6-7-14)17-10-12(2)8-13(3)11-17/h12-16H,4-11H2,1-3H3. The molecule has 3 atom stereocenters. The van der Waals surface area contributed by atoms with E-state index in [1.807, 2.05) is 0 Å². The predicted octanol–water partition coefficient (Wildman–Crippen LogP) is 2.89. The molecule has 1 saturated carbocycles. The Hall–Kier alpha value is -0.0800. The van der Waals surface area contributed by atoms with Gasteiger partial charge in [-0.15, -0.1) is 0 Å². The number of hydrogen-bond acceptors (Lipinski definition) is 2. The highest BCUT2D eigenvalue weighted by Crippen LogP contribution is 2.25. The van der Waals surface area contributed by atoms with Crippen LogP contribution in [0.2, 0.25) is 0 Å². The van der Waals surface area contributed by atoms with Gasteiger partial charge in [-0.2, -0.15) is 0 Å². The van der Waals surface area contributed by atoms with Crippen molar-refractivity contribution in [1.82, 2.24) is 10.2 Å². The fourth-order valence-corrected chi connectivity index (χ4v) is 3.35. The van der Waals surface area contributed by atoms with Crippen LogP contribution in [0.5, 0.6) is 0 Å². The van der Waals surface area contributed by atoms with Crippen molar-refractivity contribution < 1.29 is 0 Å². The number of rotatable bonds is 6. The largest absolute Gasteiger partial charge is 0.312 e. The van der Waals surface area contributed by atoms with Crippen LogP contribution in [0.25, 0.3) is 0 Å². The lowest BCUT2D eigenvalue weighted by Gasteiger charge is -2.40. The quantitative estimate of drug-likeness (QED) is 0.765. The van der Waals surface area contributed by atoms with E-state index in [0.29, 0.717) is 0 Å². The molecule has 2 rings (SSSR count). The highest BCUT2D eigenvalue weighted by molar-refractivity contribution is 4.86. The Bertz CT molecular complexity index is 215. The average molecular weight is 238 g/mol. The molecule has 1 heterocycles. The maximum absolute atomic E-state index is 3.73. The van der Waals surface area contributed by atoms with Gasteiger partial charge in [0.1, 0.15) is 0 Å². The van der Waals surface area contributed by atoms with Crippen molar-refractivity contribution in [3.63, 3.8) is 0 Å². The molecule has 0 radical (unpaired) electrons. The van der Waals surface area contributed by atoms with Crippen molar-refractivity contribution >= 4 is 0 Å². The Morgan fingerprint density at radius 3 is 2.35 bits per heavy atom. The third-order valence-electron chi connectivity index (χ3n) is 4.25. The third kappa shape index (κ3) is 4.26. The predicted molar refractivity (Wildman–Crippen MR) is 74.2 cm³/mol. The van der Waals surface area contributed by atoms with E-state index < -0.39 is 0 Å². The first kappa shape index (κ1) is 13.4. The van der Waals surface area contributed by atoms with Gasteiger partial charge in [-0.3, -0.25) is 4.90 Å². The first-order chi connectivity index (χ1) is 8.19. The lowest BCUT2D eigenvalue weighted by atomic mass is 9.90. The van der Waals surface area contributed by atoms with Gasteiger partial charge in [-0.25, -0.2) is 0 Å². The lowest BCUT2D eigenvalue weighted by molar-refractivity contribution is 0.0893. The fourth-order valence-electron chi connectivity index (χ4n) is 3.35. The Morgan fingerprint density at radius 2 is 1.82 bits per heavy atom. The molecule has 1 aliphatic carbocycles. The fraction of sp³-hybridized carbons (Fsp3) is 1.00. The minimum atomic E-state index is 0.783. The molecule has 1 saturated heterocycles. The van der Waals surface area contributed by atoms with Crippen molar-refractivity contribution in [1.29, 1.82) is 0 Å². The Morgan fingerprint density at radius 1 is 1.18 bits per heavy atom. The zero-order chi connectivity index (χ0) is 12.3. The van der Waals surface area contributed by atoms with Gasteiger partial charge < -0.3 is 5.32 Å². The topological polar surface area (TPSA) is 15.3 Å². The molecule has 0 aromatic heterocycles. The molecule has 1 N–H and O–H groups in total. The van der Waals surface area contributed by atoms with Crippen LogP contribution in [-0.2, 0) is 0 Å². The summed E-state index contributed by atoms with van der Waals surface area (Å²) >= 11 is 0. The van der Waals surface area contributed by atoms with E-state index in [1.165, 1.54) is 51.7 Å². The van der Waals surface area contributed by atoms with Crippen LogP contribution in [0.4, 0.5) is 0 Å². The zero-order valence-electron chi connectivity index (χ0n) is 11.9. The Balaban J connectivity index is 1.83. The number of likely N-dealkylation sites (tertiary alicyclic amines) is 1. The number of nitrogens with zero attached hydrogens (tertiary/aromatic N) is 1. The van der Waals surface area contributed by atoms with E-state index in [2.05, 4.69) is 31.0 Å². The molecule has 3 unspecified atom stereocenters. The molecule has 0 bridgehead atoms. The molecular formula is C15H30N2. The SMILES string of the molecule is CCCC(CNC1CC1)N1CC(C)CC(C)C1. The first-order valence-electron chi connectivity index (χ1n) is 7.66. The van der Waals surface area contributed by atoms with Gasteiger partial charge in [-0.05, 0) is 37.5 Å². The molecule has 2 nitrogen and oxygen atoms in total. The summed E-state index contributed by atoms with van der Waals surface area (Å²) in [6.07, 6.45) is 6.91. The van der Waals surface area contributed by atoms with Crippen molar-refractivity contribution in [3.8, 4) is 0 Å². The number of nitrogens with one attached hydrogen (secondary N) is 1. The minimum absolute atomic E-state index is 0.783. The van der Waals surface area contributed by atoms with Gasteiger partial charge in [0.25, 0.3) is 0 Å². The highest BCUT2D eigenvalue weighted by Gasteiger charge is 2.28. The maximum atomic E-state index is 3.73. The van der Waals surface area contributed by atoms with E-state index in [-0.39, 0.29) is 0 Å². The second-order valence-corrected chi connectivity index (χ2v) is 6.52. The smallest absolute Gasteiger partial charge is 0.0220 e. The summed E-state index contributed by atoms with van der Waals surface area (Å²) in [6.45, 7) is 11.0. The van der Waals surface area contributed by atoms with Crippen LogP contribution in [-0.4, -0.2) is 36.6 Å². The minimum Gasteiger partial charge on any atom is -0.312 e. The molecule has 17 heavy (non-hydrogen) atoms. The molecule has 2 aliphatic rings. The normalized spacial score (nSPS) is 32.6. The van der Waals surface area contributed by atoms with Crippen LogP contribution in [0, 0.1) is 11.8 Å². The van der Waals surface area contributed by atoms with Gasteiger partial charge in [0, 0.05) is 31.7 Å². The van der Waals surface area contributed by atoms with Gasteiger partial charge in [0.15, 0.2) is 0 Å². The van der Waals surface area contributed by atoms with Crippen molar-refractivity contribution in [2.45, 2.75) is 65.0 Å². The van der Waals surface area contributed by atoms with E-state index >= 15 is 0 Å². The van der Waals surface area contributed by atoms with E-state index in [1.54, 1.807) is 0 Å². The van der Waals surface area contributed by atoms with Gasteiger partial charge in [0.05, 0.1) is 0 Å². The second-order valence-electron chi connectivity index (χ2n) is 6.52. The summed E-state index contributed by atoms with van der Waals surface area (Å²) in [5, 5.41) is 3.73. The molecule has 100 valence electrons. The van der Waals surface area contributed by atoms with Crippen LogP contribution in [0.3, 0.4) is 0 Å². The average Bonchev–Trinajstić information content (AvgIpc) is 3.06. The summed E-state index contributed by atoms with van der Waals surface area (Å²) in [5.41, 5.74) is 0. The summed E-state index contributed by atoms with van der Waals surface area (Å²) < 4.78 is 0. The molecule has 0 spiro atoms. The van der Waals surface area contributed by atoms with Crippen molar-refractivity contribution in [2.75, 3.05) is 19.6 Å². The summed E-state index contributed by atoms with van der Waals surface area (Å²) in [4.78, 5) is 2.76. The molecular weight excluding hydrogens is 208 g/mol. The third-order valence-corrected chi connectivity index (χ3v) is 4.25. The van der Waals surface area contributed by atoms with E-state index in [9.17, 15) is 0 Å². The Kier molecular flexibility index (Phi) is 4.87. The van der Waals surface area contributed by atoms with E-state index in [4.69, 9.17) is 0 Å². The monoisotopic (exact) mass is 238 g/mol. The van der Waals surface area contributed by atoms with Crippen LogP contribution in [0.15, 0.2) is 0 Å². The molecule has 1 aliphatic heterocycles. The van der Waals surface area contributed by atoms with Crippen molar-refractivity contribution in [3.05, 3.63) is 0 Å².